The number of benzene rings is 2. The zero-order valence-electron chi connectivity index (χ0n) is 23.2. The molecule has 2 aliphatic rings. The van der Waals surface area contributed by atoms with Crippen molar-refractivity contribution in [1.82, 2.24) is 4.98 Å². The maximum atomic E-state index is 13.2. The second-order valence-corrected chi connectivity index (χ2v) is 11.4. The van der Waals surface area contributed by atoms with Gasteiger partial charge < -0.3 is 19.9 Å². The number of hydrogen-bond donors (Lipinski definition) is 2. The molecular weight excluding hydrogens is 533 g/mol. The largest absolute Gasteiger partial charge is 0.414 e. The molecule has 3 aromatic rings. The van der Waals surface area contributed by atoms with Gasteiger partial charge in [0.25, 0.3) is 5.91 Å². The summed E-state index contributed by atoms with van der Waals surface area (Å²) in [5.41, 5.74) is 3.06. The maximum Gasteiger partial charge on any atom is 0.414 e. The molecule has 6 nitrogen and oxygen atoms in total. The van der Waals surface area contributed by atoms with E-state index in [2.05, 4.69) is 22.4 Å². The molecule has 1 aliphatic carbocycles. The highest BCUT2D eigenvalue weighted by Gasteiger charge is 2.52. The number of hydrogen-bond acceptors (Lipinski definition) is 5. The third-order valence-corrected chi connectivity index (χ3v) is 8.61. The van der Waals surface area contributed by atoms with Crippen molar-refractivity contribution in [3.05, 3.63) is 94.8 Å². The second kappa shape index (κ2) is 11.5. The number of carbonyl (C=O) groups is 1. The monoisotopic (exact) mass is 568 g/mol. The van der Waals surface area contributed by atoms with Crippen molar-refractivity contribution in [1.29, 1.82) is 0 Å². The van der Waals surface area contributed by atoms with Crippen LogP contribution in [-0.4, -0.2) is 47.1 Å². The van der Waals surface area contributed by atoms with Crippen LogP contribution in [0.1, 0.15) is 58.9 Å². The minimum Gasteiger partial charge on any atom is -0.387 e. The summed E-state index contributed by atoms with van der Waals surface area (Å²) in [6.07, 6.45) is -3.06. The molecule has 0 saturated heterocycles. The Morgan fingerprint density at radius 3 is 2.68 bits per heavy atom. The van der Waals surface area contributed by atoms with Gasteiger partial charge in [-0.15, -0.1) is 0 Å². The van der Waals surface area contributed by atoms with E-state index in [1.807, 2.05) is 43.3 Å². The van der Waals surface area contributed by atoms with Gasteiger partial charge in [-0.1, -0.05) is 36.4 Å². The summed E-state index contributed by atoms with van der Waals surface area (Å²) < 4.78 is 50.5. The van der Waals surface area contributed by atoms with Gasteiger partial charge in [0, 0.05) is 17.2 Å². The van der Waals surface area contributed by atoms with E-state index in [0.29, 0.717) is 36.4 Å². The molecule has 0 spiro atoms. The maximum absolute atomic E-state index is 13.2. The summed E-state index contributed by atoms with van der Waals surface area (Å²) in [5.74, 6) is -0.430. The van der Waals surface area contributed by atoms with E-state index in [0.717, 1.165) is 23.6 Å². The number of anilines is 1. The van der Waals surface area contributed by atoms with Crippen LogP contribution in [0, 0.1) is 12.8 Å². The van der Waals surface area contributed by atoms with Gasteiger partial charge in [-0.05, 0) is 86.4 Å². The Labute approximate surface area is 237 Å². The Hall–Kier alpha value is -3.27. The van der Waals surface area contributed by atoms with E-state index >= 15 is 0 Å². The molecule has 1 aromatic heterocycles. The Morgan fingerprint density at radius 2 is 1.95 bits per heavy atom. The van der Waals surface area contributed by atoms with E-state index in [1.165, 1.54) is 0 Å². The fourth-order valence-electron chi connectivity index (χ4n) is 6.24. The molecule has 0 radical (unpaired) electrons. The number of carbonyl (C=O) groups excluding carboxylic acids is 1. The van der Waals surface area contributed by atoms with Gasteiger partial charge in [-0.25, -0.2) is 0 Å². The van der Waals surface area contributed by atoms with Crippen molar-refractivity contribution in [3.8, 4) is 0 Å². The summed E-state index contributed by atoms with van der Waals surface area (Å²) in [7, 11) is 0. The number of nitrogens with one attached hydrogen (secondary N) is 1. The Balaban J connectivity index is 1.46. The van der Waals surface area contributed by atoms with Crippen LogP contribution in [0.25, 0.3) is 0 Å². The predicted octanol–water partition coefficient (Wildman–Crippen LogP) is 6.15. The van der Waals surface area contributed by atoms with E-state index < -0.39 is 29.9 Å². The summed E-state index contributed by atoms with van der Waals surface area (Å²) in [6, 6.07) is 19.3. The van der Waals surface area contributed by atoms with Gasteiger partial charge in [0.05, 0.1) is 36.8 Å². The van der Waals surface area contributed by atoms with Gasteiger partial charge >= 0.3 is 6.18 Å². The van der Waals surface area contributed by atoms with Gasteiger partial charge in [0.1, 0.15) is 0 Å². The minimum atomic E-state index is -4.49. The number of aliphatic hydroxyl groups is 1. The van der Waals surface area contributed by atoms with Crippen molar-refractivity contribution in [2.45, 2.75) is 69.4 Å². The number of fused-ring (bicyclic) bond motifs is 3. The number of nitrogens with zero attached hydrogens (tertiary/aromatic N) is 1. The molecule has 218 valence electrons. The van der Waals surface area contributed by atoms with Crippen molar-refractivity contribution < 1.29 is 32.5 Å². The lowest BCUT2D eigenvalue weighted by molar-refractivity contribution is -0.230. The van der Waals surface area contributed by atoms with Crippen LogP contribution in [0.4, 0.5) is 18.9 Å². The quantitative estimate of drug-likeness (QED) is 0.357. The molecule has 41 heavy (non-hydrogen) atoms. The molecule has 4 atom stereocenters. The molecule has 2 aromatic carbocycles. The highest BCUT2D eigenvalue weighted by Crippen LogP contribution is 2.52. The van der Waals surface area contributed by atoms with Crippen molar-refractivity contribution >= 4 is 11.6 Å². The Bertz CT molecular complexity index is 1380. The molecular formula is C32H35F3N2O4. The van der Waals surface area contributed by atoms with Crippen LogP contribution in [0.2, 0.25) is 0 Å². The van der Waals surface area contributed by atoms with Crippen molar-refractivity contribution in [3.63, 3.8) is 0 Å². The molecule has 9 heteroatoms. The fraction of sp³-hybridized carbons (Fsp3) is 0.438. The van der Waals surface area contributed by atoms with Crippen LogP contribution in [0.15, 0.2) is 66.9 Å². The van der Waals surface area contributed by atoms with E-state index in [1.54, 1.807) is 18.3 Å². The van der Waals surface area contributed by atoms with Crippen LogP contribution in [0.5, 0.6) is 0 Å². The molecule has 1 amide bonds. The lowest BCUT2D eigenvalue weighted by atomic mass is 9.56. The lowest BCUT2D eigenvalue weighted by Crippen LogP contribution is -2.52. The zero-order chi connectivity index (χ0) is 29.3. The van der Waals surface area contributed by atoms with E-state index in [-0.39, 0.29) is 31.3 Å². The predicted molar refractivity (Wildman–Crippen MR) is 149 cm³/mol. The first-order chi connectivity index (χ1) is 19.5. The average molecular weight is 569 g/mol. The number of amides is 1. The highest BCUT2D eigenvalue weighted by atomic mass is 19.4. The number of alkyl halides is 3. The van der Waals surface area contributed by atoms with Crippen LogP contribution in [0.3, 0.4) is 0 Å². The van der Waals surface area contributed by atoms with E-state index in [4.69, 9.17) is 9.47 Å². The Kier molecular flexibility index (Phi) is 8.23. The SMILES string of the molecule is Cc1ncccc1NC(=O)c1ccc2c(c1)COC[C@H]1C[C@@](O)(COC(C)C(F)(F)F)CC[C@@]21Cc1ccccc1. The molecule has 1 aliphatic heterocycles. The van der Waals surface area contributed by atoms with Crippen LogP contribution < -0.4 is 5.32 Å². The second-order valence-electron chi connectivity index (χ2n) is 11.4. The molecule has 1 saturated carbocycles. The van der Waals surface area contributed by atoms with Crippen LogP contribution in [-0.2, 0) is 27.9 Å². The number of halogens is 3. The third kappa shape index (κ3) is 6.32. The van der Waals surface area contributed by atoms with E-state index in [9.17, 15) is 23.1 Å². The van der Waals surface area contributed by atoms with Gasteiger partial charge in [-0.3, -0.25) is 9.78 Å². The van der Waals surface area contributed by atoms with Crippen molar-refractivity contribution in [2.75, 3.05) is 18.5 Å². The smallest absolute Gasteiger partial charge is 0.387 e. The molecule has 0 bridgehead atoms. The number of ether oxygens (including phenoxy) is 2. The number of rotatable bonds is 7. The molecule has 5 rings (SSSR count). The molecule has 2 N–H and O–H groups in total. The first kappa shape index (κ1) is 29.2. The third-order valence-electron chi connectivity index (χ3n) is 8.61. The highest BCUT2D eigenvalue weighted by molar-refractivity contribution is 6.04. The average Bonchev–Trinajstić information content (AvgIpc) is 3.09. The number of pyridine rings is 1. The summed E-state index contributed by atoms with van der Waals surface area (Å²) in [5, 5.41) is 14.3. The topological polar surface area (TPSA) is 80.7 Å². The minimum absolute atomic E-state index is 0.176. The first-order valence-electron chi connectivity index (χ1n) is 13.9. The molecule has 1 fully saturated rings. The lowest BCUT2D eigenvalue weighted by Gasteiger charge is -2.50. The van der Waals surface area contributed by atoms with Gasteiger partial charge in [0.2, 0.25) is 0 Å². The van der Waals surface area contributed by atoms with Crippen molar-refractivity contribution in [2.24, 2.45) is 5.92 Å². The number of aryl methyl sites for hydroxylation is 1. The standard InChI is InChI=1S/C32H35F3N2O4/c1-21-28(9-6-14-36-21)37-29(38)24-10-11-27-25(15-24)18-40-19-26-17-30(39,20-41-22(2)32(33,34)35)12-13-31(26,27)16-23-7-4-3-5-8-23/h3-11,14-15,22,26,39H,12-13,16-20H2,1-2H3,(H,37,38)/t22?,26-,30-,31+/m1/s1. The Morgan fingerprint density at radius 1 is 1.17 bits per heavy atom. The van der Waals surface area contributed by atoms with Gasteiger partial charge in [-0.2, -0.15) is 13.2 Å². The summed E-state index contributed by atoms with van der Waals surface area (Å²) >= 11 is 0. The zero-order valence-corrected chi connectivity index (χ0v) is 23.2. The first-order valence-corrected chi connectivity index (χ1v) is 13.9. The molecule has 1 unspecified atom stereocenters. The fourth-order valence-corrected chi connectivity index (χ4v) is 6.24. The van der Waals surface area contributed by atoms with Crippen LogP contribution >= 0.6 is 0 Å². The molecule has 2 heterocycles. The number of aromatic nitrogens is 1. The summed E-state index contributed by atoms with van der Waals surface area (Å²) in [4.78, 5) is 17.4. The normalized spacial score (nSPS) is 25.0. The van der Waals surface area contributed by atoms with Gasteiger partial charge in [0.15, 0.2) is 6.10 Å². The summed E-state index contributed by atoms with van der Waals surface area (Å²) in [6.45, 7) is 3.00.